The molecule has 106 valence electrons. The van der Waals surface area contributed by atoms with E-state index in [0.29, 0.717) is 10.5 Å². The van der Waals surface area contributed by atoms with Crippen LogP contribution in [0.15, 0.2) is 36.5 Å². The molecule has 0 saturated heterocycles. The van der Waals surface area contributed by atoms with Crippen LogP contribution in [0.5, 0.6) is 0 Å². The zero-order valence-corrected chi connectivity index (χ0v) is 12.2. The first-order chi connectivity index (χ1) is 9.50. The van der Waals surface area contributed by atoms with Crippen LogP contribution in [0, 0.1) is 4.77 Å². The Kier molecular flexibility index (Phi) is 4.36. The van der Waals surface area contributed by atoms with Crippen molar-refractivity contribution in [2.45, 2.75) is 13.0 Å². The van der Waals surface area contributed by atoms with Crippen molar-refractivity contribution in [2.75, 3.05) is 13.6 Å². The van der Waals surface area contributed by atoms with E-state index >= 15 is 0 Å². The number of aliphatic hydroxyl groups excluding tert-OH is 1. The Labute approximate surface area is 122 Å². The molecule has 1 aromatic carbocycles. The number of nitrogens with zero attached hydrogens (tertiary/aromatic N) is 2. The minimum Gasteiger partial charge on any atom is -0.392 e. The van der Waals surface area contributed by atoms with E-state index in [0.717, 1.165) is 5.69 Å². The van der Waals surface area contributed by atoms with Crippen LogP contribution in [0.1, 0.15) is 17.4 Å². The van der Waals surface area contributed by atoms with Gasteiger partial charge < -0.3 is 15.0 Å². The summed E-state index contributed by atoms with van der Waals surface area (Å²) >= 11 is 5.24. The summed E-state index contributed by atoms with van der Waals surface area (Å²) < 4.78 is 2.15. The van der Waals surface area contributed by atoms with Gasteiger partial charge in [0.2, 0.25) is 0 Å². The van der Waals surface area contributed by atoms with Gasteiger partial charge in [-0.15, -0.1) is 0 Å². The van der Waals surface area contributed by atoms with Crippen molar-refractivity contribution in [3.8, 4) is 5.69 Å². The molecule has 0 aliphatic carbocycles. The van der Waals surface area contributed by atoms with Gasteiger partial charge in [0.1, 0.15) is 5.69 Å². The maximum Gasteiger partial charge on any atom is 0.272 e. The second-order valence-electron chi connectivity index (χ2n) is 4.68. The van der Waals surface area contributed by atoms with Gasteiger partial charge in [0.05, 0.1) is 6.10 Å². The Morgan fingerprint density at radius 2 is 2.10 bits per heavy atom. The number of carbonyl (C=O) groups is 1. The first-order valence-corrected chi connectivity index (χ1v) is 6.71. The topological polar surface area (TPSA) is 61.3 Å². The first-order valence-electron chi connectivity index (χ1n) is 6.30. The molecule has 0 aliphatic rings. The second kappa shape index (κ2) is 6.02. The predicted molar refractivity (Wildman–Crippen MR) is 79.6 cm³/mol. The fourth-order valence-electron chi connectivity index (χ4n) is 2.03. The van der Waals surface area contributed by atoms with Crippen LogP contribution < -0.4 is 0 Å². The highest BCUT2D eigenvalue weighted by Gasteiger charge is 2.19. The van der Waals surface area contributed by atoms with Gasteiger partial charge in [0.25, 0.3) is 5.91 Å². The molecular weight excluding hydrogens is 274 g/mol. The number of aromatic amines is 1. The lowest BCUT2D eigenvalue weighted by molar-refractivity contribution is 0.0696. The molecule has 2 N–H and O–H groups in total. The molecule has 1 unspecified atom stereocenters. The van der Waals surface area contributed by atoms with E-state index in [-0.39, 0.29) is 12.5 Å². The Morgan fingerprint density at radius 1 is 1.45 bits per heavy atom. The third-order valence-electron chi connectivity index (χ3n) is 2.89. The Morgan fingerprint density at radius 3 is 2.70 bits per heavy atom. The SMILES string of the molecule is CC(O)CN(C)C(=O)c1c[nH]c(=S)n1-c1ccccc1. The van der Waals surface area contributed by atoms with Crippen LogP contribution in [0.3, 0.4) is 0 Å². The third kappa shape index (κ3) is 2.97. The van der Waals surface area contributed by atoms with E-state index in [1.165, 1.54) is 4.90 Å². The largest absolute Gasteiger partial charge is 0.392 e. The summed E-state index contributed by atoms with van der Waals surface area (Å²) in [7, 11) is 1.65. The fourth-order valence-corrected chi connectivity index (χ4v) is 2.30. The summed E-state index contributed by atoms with van der Waals surface area (Å²) in [6.07, 6.45) is 1.02. The molecule has 20 heavy (non-hydrogen) atoms. The normalized spacial score (nSPS) is 12.2. The molecule has 1 atom stereocenters. The van der Waals surface area contributed by atoms with E-state index in [4.69, 9.17) is 12.2 Å². The van der Waals surface area contributed by atoms with E-state index in [1.807, 2.05) is 30.3 Å². The van der Waals surface area contributed by atoms with Gasteiger partial charge in [-0.1, -0.05) is 18.2 Å². The van der Waals surface area contributed by atoms with Crippen molar-refractivity contribution < 1.29 is 9.90 Å². The maximum atomic E-state index is 12.4. The van der Waals surface area contributed by atoms with Crippen molar-refractivity contribution in [1.29, 1.82) is 0 Å². The third-order valence-corrected chi connectivity index (χ3v) is 3.20. The zero-order chi connectivity index (χ0) is 14.7. The molecule has 6 heteroatoms. The Balaban J connectivity index is 2.40. The molecule has 0 bridgehead atoms. The summed E-state index contributed by atoms with van der Waals surface area (Å²) in [5.74, 6) is -0.192. The highest BCUT2D eigenvalue weighted by molar-refractivity contribution is 7.71. The summed E-state index contributed by atoms with van der Waals surface area (Å²) in [6.45, 7) is 1.91. The minimum absolute atomic E-state index is 0.192. The van der Waals surface area contributed by atoms with Crippen LogP contribution in [0.4, 0.5) is 0 Å². The molecule has 2 aromatic rings. The number of imidazole rings is 1. The van der Waals surface area contributed by atoms with Gasteiger partial charge in [0.15, 0.2) is 4.77 Å². The molecule has 1 heterocycles. The van der Waals surface area contributed by atoms with Crippen LogP contribution in [0.25, 0.3) is 5.69 Å². The van der Waals surface area contributed by atoms with Crippen molar-refractivity contribution in [1.82, 2.24) is 14.5 Å². The number of aromatic nitrogens is 2. The lowest BCUT2D eigenvalue weighted by Gasteiger charge is -2.19. The first kappa shape index (κ1) is 14.5. The summed E-state index contributed by atoms with van der Waals surface area (Å²) in [5.41, 5.74) is 1.27. The molecular formula is C14H17N3O2S. The molecule has 0 fully saturated rings. The number of likely N-dealkylation sites (N-methyl/N-ethyl adjacent to an activating group) is 1. The monoisotopic (exact) mass is 291 g/mol. The van der Waals surface area contributed by atoms with Crippen LogP contribution in [0.2, 0.25) is 0 Å². The van der Waals surface area contributed by atoms with E-state index in [9.17, 15) is 9.90 Å². The van der Waals surface area contributed by atoms with Gasteiger partial charge >= 0.3 is 0 Å². The highest BCUT2D eigenvalue weighted by atomic mass is 32.1. The molecule has 0 spiro atoms. The number of benzene rings is 1. The highest BCUT2D eigenvalue weighted by Crippen LogP contribution is 2.14. The smallest absolute Gasteiger partial charge is 0.272 e. The fraction of sp³-hybridized carbons (Fsp3) is 0.286. The number of nitrogens with one attached hydrogen (secondary N) is 1. The van der Waals surface area contributed by atoms with Crippen molar-refractivity contribution in [2.24, 2.45) is 0 Å². The van der Waals surface area contributed by atoms with Gasteiger partial charge in [-0.2, -0.15) is 0 Å². The minimum atomic E-state index is -0.573. The molecule has 0 aliphatic heterocycles. The number of hydrogen-bond acceptors (Lipinski definition) is 3. The second-order valence-corrected chi connectivity index (χ2v) is 5.07. The average Bonchev–Trinajstić information content (AvgIpc) is 2.80. The Bertz CT molecular complexity index is 646. The van der Waals surface area contributed by atoms with Gasteiger partial charge in [-0.3, -0.25) is 9.36 Å². The van der Waals surface area contributed by atoms with E-state index in [2.05, 4.69) is 4.98 Å². The maximum absolute atomic E-state index is 12.4. The predicted octanol–water partition coefficient (Wildman–Crippen LogP) is 1.99. The molecule has 0 radical (unpaired) electrons. The molecule has 1 amide bonds. The standard InChI is InChI=1S/C14H17N3O2S/c1-10(18)9-16(2)13(19)12-8-15-14(20)17(12)11-6-4-3-5-7-11/h3-8,10,18H,9H2,1-2H3,(H,15,20). The average molecular weight is 291 g/mol. The number of carbonyl (C=O) groups excluding carboxylic acids is 1. The van der Waals surface area contributed by atoms with Crippen molar-refractivity contribution in [3.05, 3.63) is 47.0 Å². The number of aliphatic hydroxyl groups is 1. The zero-order valence-electron chi connectivity index (χ0n) is 11.4. The van der Waals surface area contributed by atoms with Crippen LogP contribution in [-0.2, 0) is 0 Å². The van der Waals surface area contributed by atoms with E-state index in [1.54, 1.807) is 24.7 Å². The van der Waals surface area contributed by atoms with Gasteiger partial charge in [-0.25, -0.2) is 0 Å². The molecule has 5 nitrogen and oxygen atoms in total. The summed E-state index contributed by atoms with van der Waals surface area (Å²) in [4.78, 5) is 16.8. The summed E-state index contributed by atoms with van der Waals surface area (Å²) in [6, 6.07) is 9.45. The van der Waals surface area contributed by atoms with Crippen molar-refractivity contribution in [3.63, 3.8) is 0 Å². The Hall–Kier alpha value is -1.92. The molecule has 1 aromatic heterocycles. The van der Waals surface area contributed by atoms with Crippen LogP contribution >= 0.6 is 12.2 Å². The van der Waals surface area contributed by atoms with E-state index < -0.39 is 6.10 Å². The molecule has 2 rings (SSSR count). The lowest BCUT2D eigenvalue weighted by Crippen LogP contribution is -2.34. The number of rotatable bonds is 4. The van der Waals surface area contributed by atoms with Gasteiger partial charge in [-0.05, 0) is 31.3 Å². The quantitative estimate of drug-likeness (QED) is 0.847. The molecule has 0 saturated carbocycles. The number of para-hydroxylation sites is 1. The lowest BCUT2D eigenvalue weighted by atomic mass is 10.3. The van der Waals surface area contributed by atoms with Crippen LogP contribution in [-0.4, -0.2) is 45.2 Å². The van der Waals surface area contributed by atoms with Gasteiger partial charge in [0, 0.05) is 25.5 Å². The number of amides is 1. The number of H-pyrrole nitrogens is 1. The van der Waals surface area contributed by atoms with Crippen molar-refractivity contribution >= 4 is 18.1 Å². The summed E-state index contributed by atoms with van der Waals surface area (Å²) in [5, 5.41) is 9.38. The number of hydrogen-bond donors (Lipinski definition) is 2.